The van der Waals surface area contributed by atoms with Crippen LogP contribution in [0.4, 0.5) is 19.8 Å². The average Bonchev–Trinajstić information content (AvgIpc) is 2.50. The van der Waals surface area contributed by atoms with Gasteiger partial charge in [-0.15, -0.1) is 0 Å². The number of carbonyl (C=O) groups is 3. The van der Waals surface area contributed by atoms with Crippen molar-refractivity contribution in [3.8, 4) is 0 Å². The van der Waals surface area contributed by atoms with Crippen LogP contribution in [0.2, 0.25) is 5.15 Å². The number of rotatable bonds is 5. The van der Waals surface area contributed by atoms with Gasteiger partial charge in [-0.05, 0) is 47.6 Å². The number of aromatic nitrogens is 1. The molecule has 0 aromatic carbocycles. The van der Waals surface area contributed by atoms with E-state index < -0.39 is 40.9 Å². The van der Waals surface area contributed by atoms with E-state index in [4.69, 9.17) is 26.8 Å². The van der Waals surface area contributed by atoms with Gasteiger partial charge in [0.15, 0.2) is 11.6 Å². The summed E-state index contributed by atoms with van der Waals surface area (Å²) in [4.78, 5) is 40.3. The second-order valence-corrected chi connectivity index (χ2v) is 8.42. The van der Waals surface area contributed by atoms with Crippen molar-refractivity contribution in [2.45, 2.75) is 52.7 Å². The van der Waals surface area contributed by atoms with Gasteiger partial charge < -0.3 is 20.5 Å². The zero-order chi connectivity index (χ0) is 22.6. The Morgan fingerprint density at radius 2 is 1.72 bits per heavy atom. The van der Waals surface area contributed by atoms with Gasteiger partial charge in [0, 0.05) is 13.1 Å². The Morgan fingerprint density at radius 3 is 2.21 bits per heavy atom. The predicted molar refractivity (Wildman–Crippen MR) is 106 cm³/mol. The zero-order valence-electron chi connectivity index (χ0n) is 17.3. The molecule has 1 rings (SSSR count). The molecule has 1 heterocycles. The Balaban J connectivity index is 3.10. The summed E-state index contributed by atoms with van der Waals surface area (Å²) in [5.74, 6) is -2.45. The monoisotopic (exact) mass is 432 g/mol. The maximum absolute atomic E-state index is 14.6. The number of primary amides is 1. The summed E-state index contributed by atoms with van der Waals surface area (Å²) in [7, 11) is 0. The van der Waals surface area contributed by atoms with Crippen molar-refractivity contribution in [3.05, 3.63) is 22.6 Å². The number of ether oxygens (including phenoxy) is 2. The van der Waals surface area contributed by atoms with Crippen LogP contribution in [0, 0.1) is 5.82 Å². The van der Waals surface area contributed by atoms with E-state index in [2.05, 4.69) is 10.3 Å². The van der Waals surface area contributed by atoms with Crippen LogP contribution in [-0.4, -0.2) is 47.4 Å². The van der Waals surface area contributed by atoms with Gasteiger partial charge in [0.05, 0.1) is 5.56 Å². The molecule has 3 N–H and O–H groups in total. The van der Waals surface area contributed by atoms with Crippen molar-refractivity contribution < 1.29 is 28.2 Å². The van der Waals surface area contributed by atoms with Crippen LogP contribution >= 0.6 is 11.6 Å². The smallest absolute Gasteiger partial charge is 0.416 e. The Morgan fingerprint density at radius 1 is 1.17 bits per heavy atom. The SMILES string of the molecule is CC(C)(C)OC(=O)NCCN(C(=O)OC(C)(C)C)c1nc(Cl)c(C(N)=O)cc1F. The molecule has 1 aromatic heterocycles. The topological polar surface area (TPSA) is 124 Å². The number of nitrogens with two attached hydrogens (primary N) is 1. The molecule has 0 saturated carbocycles. The van der Waals surface area contributed by atoms with Crippen LogP contribution in [-0.2, 0) is 9.47 Å². The summed E-state index contributed by atoms with van der Waals surface area (Å²) in [5, 5.41) is 2.08. The standard InChI is InChI=1S/C18H26ClFN4O5/c1-17(2,3)28-15(26)22-7-8-24(16(27)29-18(4,5)6)14-11(20)9-10(13(21)25)12(19)23-14/h9H,7-8H2,1-6H3,(H2,21,25)(H,22,26). The van der Waals surface area contributed by atoms with Gasteiger partial charge in [0.2, 0.25) is 0 Å². The predicted octanol–water partition coefficient (Wildman–Crippen LogP) is 3.24. The van der Waals surface area contributed by atoms with Gasteiger partial charge in [-0.25, -0.2) is 19.0 Å². The van der Waals surface area contributed by atoms with Crippen molar-refractivity contribution in [3.63, 3.8) is 0 Å². The number of nitrogens with zero attached hydrogens (tertiary/aromatic N) is 2. The van der Waals surface area contributed by atoms with Crippen LogP contribution in [0.25, 0.3) is 0 Å². The van der Waals surface area contributed by atoms with E-state index in [0.717, 1.165) is 11.0 Å². The molecule has 0 radical (unpaired) electrons. The third kappa shape index (κ3) is 8.10. The van der Waals surface area contributed by atoms with Crippen molar-refractivity contribution in [1.29, 1.82) is 0 Å². The van der Waals surface area contributed by atoms with Crippen LogP contribution in [0.3, 0.4) is 0 Å². The molecule has 0 unspecified atom stereocenters. The summed E-state index contributed by atoms with van der Waals surface area (Å²) in [6, 6.07) is 0.783. The largest absolute Gasteiger partial charge is 0.444 e. The summed E-state index contributed by atoms with van der Waals surface area (Å²) in [6.45, 7) is 9.69. The number of nitrogens with one attached hydrogen (secondary N) is 1. The molecular weight excluding hydrogens is 407 g/mol. The Labute approximate surface area is 173 Å². The minimum atomic E-state index is -1.01. The number of anilines is 1. The fourth-order valence-electron chi connectivity index (χ4n) is 2.00. The highest BCUT2D eigenvalue weighted by molar-refractivity contribution is 6.32. The van der Waals surface area contributed by atoms with E-state index in [0.29, 0.717) is 0 Å². The second-order valence-electron chi connectivity index (χ2n) is 8.06. The lowest BCUT2D eigenvalue weighted by molar-refractivity contribution is 0.0512. The molecule has 0 bridgehead atoms. The molecule has 0 saturated heterocycles. The number of hydrogen-bond acceptors (Lipinski definition) is 6. The molecule has 1 aromatic rings. The number of alkyl carbamates (subject to hydrolysis) is 1. The van der Waals surface area contributed by atoms with Crippen molar-refractivity contribution in [1.82, 2.24) is 10.3 Å². The molecule has 0 fully saturated rings. The van der Waals surface area contributed by atoms with Gasteiger partial charge >= 0.3 is 12.2 Å². The first-order valence-corrected chi connectivity index (χ1v) is 9.12. The minimum Gasteiger partial charge on any atom is -0.444 e. The number of halogens is 2. The highest BCUT2D eigenvalue weighted by Crippen LogP contribution is 2.24. The number of carbonyl (C=O) groups excluding carboxylic acids is 3. The fourth-order valence-corrected chi connectivity index (χ4v) is 2.23. The van der Waals surface area contributed by atoms with E-state index >= 15 is 0 Å². The van der Waals surface area contributed by atoms with Crippen molar-refractivity contribution >= 4 is 35.5 Å². The normalized spacial score (nSPS) is 11.6. The molecule has 0 aliphatic rings. The maximum atomic E-state index is 14.6. The fraction of sp³-hybridized carbons (Fsp3) is 0.556. The van der Waals surface area contributed by atoms with Gasteiger partial charge in [-0.2, -0.15) is 0 Å². The molecule has 29 heavy (non-hydrogen) atoms. The third-order valence-electron chi connectivity index (χ3n) is 3.05. The molecule has 0 aliphatic carbocycles. The lowest BCUT2D eigenvalue weighted by Gasteiger charge is -2.27. The van der Waals surface area contributed by atoms with Crippen LogP contribution < -0.4 is 16.0 Å². The molecule has 11 heteroatoms. The quantitative estimate of drug-likeness (QED) is 0.688. The Hall–Kier alpha value is -2.62. The molecule has 0 aliphatic heterocycles. The minimum absolute atomic E-state index is 0.0928. The molecule has 0 spiro atoms. The van der Waals surface area contributed by atoms with E-state index in [-0.39, 0.29) is 23.8 Å². The highest BCUT2D eigenvalue weighted by atomic mass is 35.5. The molecule has 162 valence electrons. The van der Waals surface area contributed by atoms with Gasteiger partial charge in [-0.3, -0.25) is 9.69 Å². The first-order chi connectivity index (χ1) is 13.1. The van der Waals surface area contributed by atoms with E-state index in [1.165, 1.54) is 0 Å². The van der Waals surface area contributed by atoms with E-state index in [1.807, 2.05) is 0 Å². The second kappa shape index (κ2) is 9.25. The number of pyridine rings is 1. The van der Waals surface area contributed by atoms with Crippen molar-refractivity contribution in [2.75, 3.05) is 18.0 Å². The molecule has 3 amide bonds. The van der Waals surface area contributed by atoms with Crippen LogP contribution in [0.15, 0.2) is 6.07 Å². The molecular formula is C18H26ClFN4O5. The first kappa shape index (κ1) is 24.4. The average molecular weight is 433 g/mol. The van der Waals surface area contributed by atoms with E-state index in [1.54, 1.807) is 41.5 Å². The highest BCUT2D eigenvalue weighted by Gasteiger charge is 2.28. The molecule has 0 atom stereocenters. The Kier molecular flexibility index (Phi) is 7.79. The lowest BCUT2D eigenvalue weighted by Crippen LogP contribution is -2.43. The van der Waals surface area contributed by atoms with Crippen LogP contribution in [0.1, 0.15) is 51.9 Å². The summed E-state index contributed by atoms with van der Waals surface area (Å²) < 4.78 is 24.9. The first-order valence-electron chi connectivity index (χ1n) is 8.74. The van der Waals surface area contributed by atoms with Gasteiger partial charge in [0.1, 0.15) is 16.4 Å². The lowest BCUT2D eigenvalue weighted by atomic mass is 10.2. The van der Waals surface area contributed by atoms with Crippen LogP contribution in [0.5, 0.6) is 0 Å². The van der Waals surface area contributed by atoms with Crippen molar-refractivity contribution in [2.24, 2.45) is 5.73 Å². The summed E-state index contributed by atoms with van der Waals surface area (Å²) in [5.41, 5.74) is 3.21. The van der Waals surface area contributed by atoms with Gasteiger partial charge in [-0.1, -0.05) is 11.6 Å². The molecule has 9 nitrogen and oxygen atoms in total. The van der Waals surface area contributed by atoms with E-state index in [9.17, 15) is 18.8 Å². The Bertz CT molecular complexity index is 790. The zero-order valence-corrected chi connectivity index (χ0v) is 18.0. The van der Waals surface area contributed by atoms with Gasteiger partial charge in [0.25, 0.3) is 5.91 Å². The number of amides is 3. The third-order valence-corrected chi connectivity index (χ3v) is 3.34. The number of hydrogen-bond donors (Lipinski definition) is 2. The summed E-state index contributed by atoms with van der Waals surface area (Å²) >= 11 is 5.89. The maximum Gasteiger partial charge on any atom is 0.416 e. The summed E-state index contributed by atoms with van der Waals surface area (Å²) in [6.07, 6.45) is -1.63.